The lowest BCUT2D eigenvalue weighted by Gasteiger charge is -2.02. The van der Waals surface area contributed by atoms with Crippen LogP contribution in [0.1, 0.15) is 15.9 Å². The third-order valence-electron chi connectivity index (χ3n) is 2.11. The summed E-state index contributed by atoms with van der Waals surface area (Å²) in [5.41, 5.74) is 0.166. The molecule has 5 heteroatoms. The number of rotatable bonds is 2. The van der Waals surface area contributed by atoms with Crippen LogP contribution in [0.5, 0.6) is 0 Å². The van der Waals surface area contributed by atoms with Crippen LogP contribution in [0.15, 0.2) is 36.5 Å². The SMILES string of the molecule is O=C(c1cc(F)cc(F)c1)c1ccnc(Cl)c1. The van der Waals surface area contributed by atoms with Crippen LogP contribution in [0.3, 0.4) is 0 Å². The first kappa shape index (κ1) is 11.7. The summed E-state index contributed by atoms with van der Waals surface area (Å²) in [4.78, 5) is 15.6. The van der Waals surface area contributed by atoms with E-state index in [0.717, 1.165) is 12.1 Å². The van der Waals surface area contributed by atoms with Crippen molar-refractivity contribution < 1.29 is 13.6 Å². The molecule has 2 rings (SSSR count). The predicted molar refractivity (Wildman–Crippen MR) is 59.0 cm³/mol. The zero-order chi connectivity index (χ0) is 12.4. The summed E-state index contributed by atoms with van der Waals surface area (Å²) in [5.74, 6) is -2.10. The van der Waals surface area contributed by atoms with Crippen LogP contribution < -0.4 is 0 Å². The van der Waals surface area contributed by atoms with Crippen molar-refractivity contribution in [3.63, 3.8) is 0 Å². The number of hydrogen-bond donors (Lipinski definition) is 0. The van der Waals surface area contributed by atoms with E-state index in [4.69, 9.17) is 11.6 Å². The second-order valence-corrected chi connectivity index (χ2v) is 3.74. The van der Waals surface area contributed by atoms with Gasteiger partial charge < -0.3 is 0 Å². The third kappa shape index (κ3) is 2.65. The van der Waals surface area contributed by atoms with Crippen molar-refractivity contribution >= 4 is 17.4 Å². The number of hydrogen-bond acceptors (Lipinski definition) is 2. The average Bonchev–Trinajstić information content (AvgIpc) is 2.26. The molecule has 2 nitrogen and oxygen atoms in total. The Kier molecular flexibility index (Phi) is 3.15. The summed E-state index contributed by atoms with van der Waals surface area (Å²) >= 11 is 5.63. The molecule has 0 N–H and O–H groups in total. The number of pyridine rings is 1. The van der Waals surface area contributed by atoms with E-state index in [9.17, 15) is 13.6 Å². The van der Waals surface area contributed by atoms with Gasteiger partial charge in [-0.1, -0.05) is 11.6 Å². The standard InChI is InChI=1S/C12H6ClF2NO/c13-11-5-7(1-2-16-11)12(17)8-3-9(14)6-10(15)4-8/h1-6H. The van der Waals surface area contributed by atoms with Crippen molar-refractivity contribution in [1.82, 2.24) is 4.98 Å². The number of carbonyl (C=O) groups is 1. The third-order valence-corrected chi connectivity index (χ3v) is 2.32. The molecule has 1 aromatic carbocycles. The number of benzene rings is 1. The van der Waals surface area contributed by atoms with Gasteiger partial charge in [0, 0.05) is 23.4 Å². The van der Waals surface area contributed by atoms with E-state index < -0.39 is 17.4 Å². The Balaban J connectivity index is 2.43. The molecule has 0 unspecified atom stereocenters. The molecule has 1 aromatic heterocycles. The van der Waals surface area contributed by atoms with Crippen LogP contribution in [0.2, 0.25) is 5.15 Å². The molecule has 0 radical (unpaired) electrons. The average molecular weight is 254 g/mol. The fraction of sp³-hybridized carbons (Fsp3) is 0. The smallest absolute Gasteiger partial charge is 0.193 e. The lowest BCUT2D eigenvalue weighted by atomic mass is 10.0. The molecule has 0 saturated carbocycles. The monoisotopic (exact) mass is 253 g/mol. The Morgan fingerprint density at radius 2 is 1.71 bits per heavy atom. The number of halogens is 3. The van der Waals surface area contributed by atoms with Gasteiger partial charge >= 0.3 is 0 Å². The molecule has 0 aliphatic carbocycles. The topological polar surface area (TPSA) is 30.0 Å². The molecule has 0 aliphatic rings. The number of aromatic nitrogens is 1. The van der Waals surface area contributed by atoms with Gasteiger partial charge in [-0.3, -0.25) is 4.79 Å². The van der Waals surface area contributed by atoms with Crippen LogP contribution in [-0.2, 0) is 0 Å². The maximum Gasteiger partial charge on any atom is 0.193 e. The van der Waals surface area contributed by atoms with Gasteiger partial charge in [-0.25, -0.2) is 13.8 Å². The van der Waals surface area contributed by atoms with E-state index in [1.807, 2.05) is 0 Å². The van der Waals surface area contributed by atoms with Crippen molar-refractivity contribution in [3.05, 3.63) is 64.4 Å². The zero-order valence-corrected chi connectivity index (χ0v) is 9.21. The maximum atomic E-state index is 13.0. The van der Waals surface area contributed by atoms with Crippen LogP contribution in [0.4, 0.5) is 8.78 Å². The summed E-state index contributed by atoms with van der Waals surface area (Å²) in [6.07, 6.45) is 1.35. The summed E-state index contributed by atoms with van der Waals surface area (Å²) < 4.78 is 25.9. The largest absolute Gasteiger partial charge is 0.289 e. The lowest BCUT2D eigenvalue weighted by molar-refractivity contribution is 0.103. The minimum atomic E-state index is -0.798. The number of carbonyl (C=O) groups excluding carboxylic acids is 1. The van der Waals surface area contributed by atoms with Gasteiger partial charge in [-0.15, -0.1) is 0 Å². The van der Waals surface area contributed by atoms with Crippen LogP contribution >= 0.6 is 11.6 Å². The van der Waals surface area contributed by atoms with Gasteiger partial charge in [0.1, 0.15) is 16.8 Å². The Bertz CT molecular complexity index is 566. The van der Waals surface area contributed by atoms with Crippen molar-refractivity contribution in [2.75, 3.05) is 0 Å². The normalized spacial score (nSPS) is 10.3. The predicted octanol–water partition coefficient (Wildman–Crippen LogP) is 3.24. The van der Waals surface area contributed by atoms with Gasteiger partial charge in [-0.05, 0) is 24.3 Å². The highest BCUT2D eigenvalue weighted by atomic mass is 35.5. The lowest BCUT2D eigenvalue weighted by Crippen LogP contribution is -2.03. The van der Waals surface area contributed by atoms with Gasteiger partial charge in [0.05, 0.1) is 0 Å². The second-order valence-electron chi connectivity index (χ2n) is 3.35. The van der Waals surface area contributed by atoms with Gasteiger partial charge in [0.25, 0.3) is 0 Å². The molecule has 0 amide bonds. The van der Waals surface area contributed by atoms with E-state index in [-0.39, 0.29) is 16.3 Å². The van der Waals surface area contributed by atoms with Gasteiger partial charge in [0.2, 0.25) is 0 Å². The highest BCUT2D eigenvalue weighted by Crippen LogP contribution is 2.15. The molecule has 0 saturated heterocycles. The first-order valence-corrected chi connectivity index (χ1v) is 5.06. The second kappa shape index (κ2) is 4.59. The van der Waals surface area contributed by atoms with Crippen molar-refractivity contribution in [2.24, 2.45) is 0 Å². The Labute approximate surface area is 101 Å². The summed E-state index contributed by atoms with van der Waals surface area (Å²) in [5, 5.41) is 0.146. The highest BCUT2D eigenvalue weighted by Gasteiger charge is 2.12. The Morgan fingerprint density at radius 1 is 1.06 bits per heavy atom. The van der Waals surface area contributed by atoms with E-state index in [1.54, 1.807) is 0 Å². The van der Waals surface area contributed by atoms with Crippen LogP contribution in [-0.4, -0.2) is 10.8 Å². The summed E-state index contributed by atoms with van der Waals surface area (Å²) in [6.45, 7) is 0. The molecule has 0 aliphatic heterocycles. The quantitative estimate of drug-likeness (QED) is 0.607. The van der Waals surface area contributed by atoms with E-state index in [1.165, 1.54) is 18.3 Å². The molecule has 0 atom stereocenters. The molecule has 1 heterocycles. The number of ketones is 1. The molecule has 0 spiro atoms. The van der Waals surface area contributed by atoms with Crippen molar-refractivity contribution in [1.29, 1.82) is 0 Å². The number of nitrogens with zero attached hydrogens (tertiary/aromatic N) is 1. The van der Waals surface area contributed by atoms with Crippen molar-refractivity contribution in [3.8, 4) is 0 Å². The Hall–Kier alpha value is -1.81. The summed E-state index contributed by atoms with van der Waals surface area (Å²) in [6, 6.07) is 5.42. The Morgan fingerprint density at radius 3 is 2.29 bits per heavy atom. The fourth-order valence-corrected chi connectivity index (χ4v) is 1.57. The fourth-order valence-electron chi connectivity index (χ4n) is 1.40. The molecular weight excluding hydrogens is 248 g/mol. The molecule has 0 bridgehead atoms. The van der Waals surface area contributed by atoms with Gasteiger partial charge in [0.15, 0.2) is 5.78 Å². The molecule has 17 heavy (non-hydrogen) atoms. The summed E-state index contributed by atoms with van der Waals surface area (Å²) in [7, 11) is 0. The van der Waals surface area contributed by atoms with E-state index in [0.29, 0.717) is 6.07 Å². The molecular formula is C12H6ClF2NO. The molecule has 2 aromatic rings. The highest BCUT2D eigenvalue weighted by molar-refractivity contribution is 6.29. The van der Waals surface area contributed by atoms with E-state index >= 15 is 0 Å². The molecule has 86 valence electrons. The molecule has 0 fully saturated rings. The van der Waals surface area contributed by atoms with Gasteiger partial charge in [-0.2, -0.15) is 0 Å². The first-order valence-electron chi connectivity index (χ1n) is 4.68. The minimum absolute atomic E-state index is 0.0650. The first-order chi connectivity index (χ1) is 8.06. The van der Waals surface area contributed by atoms with E-state index in [2.05, 4.69) is 4.98 Å². The zero-order valence-electron chi connectivity index (χ0n) is 8.45. The van der Waals surface area contributed by atoms with Crippen LogP contribution in [0, 0.1) is 11.6 Å². The van der Waals surface area contributed by atoms with Crippen molar-refractivity contribution in [2.45, 2.75) is 0 Å². The van der Waals surface area contributed by atoms with Crippen LogP contribution in [0.25, 0.3) is 0 Å². The minimum Gasteiger partial charge on any atom is -0.289 e. The maximum absolute atomic E-state index is 13.0.